The van der Waals surface area contributed by atoms with Gasteiger partial charge in [0.25, 0.3) is 0 Å². The van der Waals surface area contributed by atoms with Gasteiger partial charge in [-0.05, 0) is 11.6 Å². The lowest BCUT2D eigenvalue weighted by molar-refractivity contribution is -0.108. The van der Waals surface area contributed by atoms with Gasteiger partial charge in [0.2, 0.25) is 0 Å². The highest BCUT2D eigenvalue weighted by molar-refractivity contribution is 6.62. The predicted molar refractivity (Wildman–Crippen MR) is 41.7 cm³/mol. The highest BCUT2D eigenvalue weighted by Crippen LogP contribution is 1.97. The third-order valence-corrected chi connectivity index (χ3v) is 1.54. The monoisotopic (exact) mass is 181 g/mol. The van der Waals surface area contributed by atoms with Gasteiger partial charge in [-0.25, -0.2) is 0 Å². The first-order chi connectivity index (χ1) is 5.11. The number of amides is 1. The molecule has 0 atom stereocenters. The summed E-state index contributed by atoms with van der Waals surface area (Å²) in [5, 5.41) is -0.524. The molecule has 0 rings (SSSR count). The summed E-state index contributed by atoms with van der Waals surface area (Å²) in [7, 11) is 4.57. The Hall–Kier alpha value is -0.320. The van der Waals surface area contributed by atoms with Crippen LogP contribution in [0, 0.1) is 0 Å². The molecular formula is C6H12ClNO3. The molecule has 0 aromatic rings. The van der Waals surface area contributed by atoms with Crippen molar-refractivity contribution in [3.63, 3.8) is 0 Å². The Bertz CT molecular complexity index is 127. The number of likely N-dealkylation sites (N-methyl/N-ethyl adjacent to an activating group) is 1. The number of carbonyl (C=O) groups excluding carboxylic acids is 1. The van der Waals surface area contributed by atoms with Crippen LogP contribution in [0.2, 0.25) is 0 Å². The van der Waals surface area contributed by atoms with Gasteiger partial charge < -0.3 is 14.4 Å². The molecule has 0 fully saturated rings. The van der Waals surface area contributed by atoms with Crippen molar-refractivity contribution in [1.82, 2.24) is 4.90 Å². The minimum Gasteiger partial charge on any atom is -0.354 e. The molecule has 0 spiro atoms. The maximum Gasteiger partial charge on any atom is 0.316 e. The maximum absolute atomic E-state index is 10.5. The number of halogens is 1. The highest BCUT2D eigenvalue weighted by atomic mass is 35.5. The molecule has 0 saturated carbocycles. The van der Waals surface area contributed by atoms with Gasteiger partial charge in [-0.2, -0.15) is 0 Å². The van der Waals surface area contributed by atoms with E-state index in [1.807, 2.05) is 0 Å². The number of ether oxygens (including phenoxy) is 2. The normalized spacial score (nSPS) is 10.3. The van der Waals surface area contributed by atoms with Gasteiger partial charge in [-0.1, -0.05) is 0 Å². The first-order valence-corrected chi connectivity index (χ1v) is 3.45. The van der Waals surface area contributed by atoms with Crippen LogP contribution in [0.4, 0.5) is 4.79 Å². The van der Waals surface area contributed by atoms with Crippen LogP contribution in [0.3, 0.4) is 0 Å². The molecule has 0 heterocycles. The van der Waals surface area contributed by atoms with Crippen molar-refractivity contribution in [3.8, 4) is 0 Å². The molecule has 0 aromatic carbocycles. The Balaban J connectivity index is 3.71. The van der Waals surface area contributed by atoms with E-state index in [2.05, 4.69) is 0 Å². The molecule has 0 aromatic heterocycles. The van der Waals surface area contributed by atoms with Crippen LogP contribution >= 0.6 is 11.6 Å². The number of methoxy groups -OCH3 is 2. The number of hydrogen-bond donors (Lipinski definition) is 0. The van der Waals surface area contributed by atoms with Crippen molar-refractivity contribution >= 4 is 17.0 Å². The van der Waals surface area contributed by atoms with Crippen LogP contribution < -0.4 is 0 Å². The van der Waals surface area contributed by atoms with E-state index < -0.39 is 11.7 Å². The molecule has 0 saturated heterocycles. The summed E-state index contributed by atoms with van der Waals surface area (Å²) in [6.07, 6.45) is -0.414. The number of carbonyl (C=O) groups is 1. The fourth-order valence-electron chi connectivity index (χ4n) is 0.541. The van der Waals surface area contributed by atoms with E-state index in [-0.39, 0.29) is 0 Å². The summed E-state index contributed by atoms with van der Waals surface area (Å²) in [4.78, 5) is 11.8. The summed E-state index contributed by atoms with van der Waals surface area (Å²) in [5.74, 6) is 0. The van der Waals surface area contributed by atoms with Gasteiger partial charge in [-0.3, -0.25) is 4.79 Å². The lowest BCUT2D eigenvalue weighted by Crippen LogP contribution is -2.33. The third kappa shape index (κ3) is 4.19. The molecule has 0 aliphatic rings. The topological polar surface area (TPSA) is 38.8 Å². The third-order valence-electron chi connectivity index (χ3n) is 1.25. The molecule has 5 heteroatoms. The molecule has 0 bridgehead atoms. The molecule has 66 valence electrons. The standard InChI is InChI=1S/C6H12ClNO3/c1-8(6(7)9)4-5(10-2)11-3/h5H,4H2,1-3H3. The second-order valence-corrected chi connectivity index (χ2v) is 2.36. The van der Waals surface area contributed by atoms with E-state index >= 15 is 0 Å². The molecule has 0 aliphatic carbocycles. The molecular weight excluding hydrogens is 170 g/mol. The second kappa shape index (κ2) is 5.35. The first kappa shape index (κ1) is 10.7. The van der Waals surface area contributed by atoms with Crippen molar-refractivity contribution in [3.05, 3.63) is 0 Å². The van der Waals surface area contributed by atoms with Crippen LogP contribution in [0.1, 0.15) is 0 Å². The molecule has 0 unspecified atom stereocenters. The van der Waals surface area contributed by atoms with Crippen molar-refractivity contribution in [2.45, 2.75) is 6.29 Å². The average Bonchev–Trinajstić information content (AvgIpc) is 1.99. The van der Waals surface area contributed by atoms with Crippen LogP contribution in [0.15, 0.2) is 0 Å². The molecule has 1 amide bonds. The highest BCUT2D eigenvalue weighted by Gasteiger charge is 2.11. The summed E-state index contributed by atoms with van der Waals surface area (Å²) in [6, 6.07) is 0. The van der Waals surface area contributed by atoms with E-state index in [0.29, 0.717) is 6.54 Å². The van der Waals surface area contributed by atoms with E-state index in [1.165, 1.54) is 19.1 Å². The Morgan fingerprint density at radius 2 is 2.00 bits per heavy atom. The van der Waals surface area contributed by atoms with Gasteiger partial charge >= 0.3 is 5.37 Å². The predicted octanol–water partition coefficient (Wildman–Crippen LogP) is 0.896. The van der Waals surface area contributed by atoms with E-state index in [1.54, 1.807) is 7.05 Å². The van der Waals surface area contributed by atoms with E-state index in [0.717, 1.165) is 0 Å². The molecule has 0 aliphatic heterocycles. The van der Waals surface area contributed by atoms with Gasteiger partial charge in [-0.15, -0.1) is 0 Å². The molecule has 4 nitrogen and oxygen atoms in total. The van der Waals surface area contributed by atoms with Crippen LogP contribution in [0.25, 0.3) is 0 Å². The number of rotatable bonds is 4. The summed E-state index contributed by atoms with van der Waals surface area (Å²) in [6.45, 7) is 0.329. The Morgan fingerprint density at radius 3 is 2.27 bits per heavy atom. The summed E-state index contributed by atoms with van der Waals surface area (Å²) in [5.41, 5.74) is 0. The summed E-state index contributed by atoms with van der Waals surface area (Å²) >= 11 is 5.16. The number of nitrogens with zero attached hydrogens (tertiary/aromatic N) is 1. The van der Waals surface area contributed by atoms with E-state index in [9.17, 15) is 4.79 Å². The fourth-order valence-corrected chi connectivity index (χ4v) is 0.610. The molecule has 0 radical (unpaired) electrons. The van der Waals surface area contributed by atoms with E-state index in [4.69, 9.17) is 21.1 Å². The SMILES string of the molecule is COC(CN(C)C(=O)Cl)OC. The smallest absolute Gasteiger partial charge is 0.316 e. The fraction of sp³-hybridized carbons (Fsp3) is 0.833. The summed E-state index contributed by atoms with van der Waals surface area (Å²) < 4.78 is 9.69. The van der Waals surface area contributed by atoms with Gasteiger partial charge in [0, 0.05) is 21.3 Å². The minimum atomic E-state index is -0.524. The first-order valence-electron chi connectivity index (χ1n) is 3.08. The van der Waals surface area contributed by atoms with Gasteiger partial charge in [0.15, 0.2) is 6.29 Å². The largest absolute Gasteiger partial charge is 0.354 e. The maximum atomic E-state index is 10.5. The molecule has 0 N–H and O–H groups in total. The molecule has 11 heavy (non-hydrogen) atoms. The lowest BCUT2D eigenvalue weighted by Gasteiger charge is -2.19. The van der Waals surface area contributed by atoms with Crippen molar-refractivity contribution in [2.24, 2.45) is 0 Å². The average molecular weight is 182 g/mol. The zero-order chi connectivity index (χ0) is 8.85. The minimum absolute atomic E-state index is 0.329. The Morgan fingerprint density at radius 1 is 1.55 bits per heavy atom. The zero-order valence-corrected chi connectivity index (χ0v) is 7.59. The lowest BCUT2D eigenvalue weighted by atomic mass is 10.6. The quantitative estimate of drug-likeness (QED) is 0.368. The van der Waals surface area contributed by atoms with Crippen molar-refractivity contribution in [1.29, 1.82) is 0 Å². The zero-order valence-electron chi connectivity index (χ0n) is 6.83. The second-order valence-electron chi connectivity index (χ2n) is 2.03. The Kier molecular flexibility index (Phi) is 5.19. The van der Waals surface area contributed by atoms with Crippen LogP contribution in [-0.2, 0) is 9.47 Å². The van der Waals surface area contributed by atoms with Crippen LogP contribution in [-0.4, -0.2) is 44.4 Å². The van der Waals surface area contributed by atoms with Crippen LogP contribution in [0.5, 0.6) is 0 Å². The van der Waals surface area contributed by atoms with Gasteiger partial charge in [0.05, 0.1) is 6.54 Å². The number of hydrogen-bond acceptors (Lipinski definition) is 3. The van der Waals surface area contributed by atoms with Gasteiger partial charge in [0.1, 0.15) is 0 Å². The van der Waals surface area contributed by atoms with Crippen molar-refractivity contribution < 1.29 is 14.3 Å². The Labute approximate surface area is 71.0 Å². The van der Waals surface area contributed by atoms with Crippen molar-refractivity contribution in [2.75, 3.05) is 27.8 Å².